The number of rotatable bonds is 3. The number of nitrogens with zero attached hydrogens (tertiary/aromatic N) is 4. The van der Waals surface area contributed by atoms with Crippen molar-refractivity contribution in [1.82, 2.24) is 25.2 Å². The molecule has 7 heteroatoms. The second kappa shape index (κ2) is 7.70. The van der Waals surface area contributed by atoms with Crippen molar-refractivity contribution in [2.24, 2.45) is 0 Å². The number of thioether (sulfide) groups is 1. The van der Waals surface area contributed by atoms with E-state index in [4.69, 9.17) is 0 Å². The Bertz CT molecular complexity index is 658. The Hall–Kier alpha value is -2.02. The number of hydrogen-bond acceptors (Lipinski definition) is 4. The van der Waals surface area contributed by atoms with Crippen LogP contribution in [0.1, 0.15) is 31.9 Å². The standard InChI is InChI=1S/C17H23N5OS/c1-13-7-11-24-12-10-21(13)17(23)19-14(2)15-3-5-16(6-4-15)22-9-8-18-20-22/h3-6,8-9,13-14H,7,10-12H2,1-2H3,(H,19,23)/t13-,14-/m1/s1. The highest BCUT2D eigenvalue weighted by Crippen LogP contribution is 2.19. The van der Waals surface area contributed by atoms with Gasteiger partial charge in [-0.05, 0) is 43.7 Å². The predicted molar refractivity (Wildman–Crippen MR) is 96.4 cm³/mol. The molecule has 0 radical (unpaired) electrons. The van der Waals surface area contributed by atoms with Crippen LogP contribution in [-0.2, 0) is 0 Å². The number of benzene rings is 1. The van der Waals surface area contributed by atoms with Crippen LogP contribution >= 0.6 is 11.8 Å². The average molecular weight is 345 g/mol. The van der Waals surface area contributed by atoms with Crippen LogP contribution in [0, 0.1) is 0 Å². The summed E-state index contributed by atoms with van der Waals surface area (Å²) < 4.78 is 1.71. The van der Waals surface area contributed by atoms with Crippen LogP contribution in [-0.4, -0.2) is 50.0 Å². The average Bonchev–Trinajstić information content (AvgIpc) is 3.04. The molecule has 1 aliphatic heterocycles. The van der Waals surface area contributed by atoms with Gasteiger partial charge in [-0.25, -0.2) is 9.48 Å². The van der Waals surface area contributed by atoms with Crippen molar-refractivity contribution in [3.63, 3.8) is 0 Å². The van der Waals surface area contributed by atoms with Gasteiger partial charge in [0.15, 0.2) is 0 Å². The molecule has 1 aromatic heterocycles. The molecule has 6 nitrogen and oxygen atoms in total. The van der Waals surface area contributed by atoms with Crippen molar-refractivity contribution in [2.75, 3.05) is 18.1 Å². The van der Waals surface area contributed by atoms with Crippen LogP contribution in [0.15, 0.2) is 36.7 Å². The Morgan fingerprint density at radius 3 is 2.83 bits per heavy atom. The lowest BCUT2D eigenvalue weighted by Gasteiger charge is -2.28. The van der Waals surface area contributed by atoms with E-state index in [-0.39, 0.29) is 12.1 Å². The Balaban J connectivity index is 1.63. The second-order valence-corrected chi connectivity index (χ2v) is 7.28. The number of amides is 2. The monoisotopic (exact) mass is 345 g/mol. The Morgan fingerprint density at radius 2 is 2.12 bits per heavy atom. The molecular formula is C17H23N5OS. The van der Waals surface area contributed by atoms with E-state index in [2.05, 4.69) is 22.6 Å². The predicted octanol–water partition coefficient (Wildman–Crippen LogP) is 2.87. The van der Waals surface area contributed by atoms with E-state index in [9.17, 15) is 4.79 Å². The summed E-state index contributed by atoms with van der Waals surface area (Å²) in [4.78, 5) is 14.5. The zero-order chi connectivity index (χ0) is 16.9. The van der Waals surface area contributed by atoms with Gasteiger partial charge in [0.1, 0.15) is 0 Å². The molecule has 3 rings (SSSR count). The van der Waals surface area contributed by atoms with E-state index in [1.165, 1.54) is 0 Å². The van der Waals surface area contributed by atoms with Crippen molar-refractivity contribution >= 4 is 17.8 Å². The molecule has 2 heterocycles. The van der Waals surface area contributed by atoms with Crippen LogP contribution < -0.4 is 5.32 Å². The lowest BCUT2D eigenvalue weighted by molar-refractivity contribution is 0.180. The topological polar surface area (TPSA) is 63.1 Å². The Labute approximate surface area is 146 Å². The van der Waals surface area contributed by atoms with Crippen molar-refractivity contribution in [3.8, 4) is 5.69 Å². The summed E-state index contributed by atoms with van der Waals surface area (Å²) in [5.74, 6) is 2.14. The van der Waals surface area contributed by atoms with Gasteiger partial charge in [0.2, 0.25) is 0 Å². The van der Waals surface area contributed by atoms with E-state index in [0.717, 1.165) is 35.7 Å². The zero-order valence-corrected chi connectivity index (χ0v) is 14.9. The summed E-state index contributed by atoms with van der Waals surface area (Å²) in [6.07, 6.45) is 4.51. The fourth-order valence-electron chi connectivity index (χ4n) is 2.81. The highest BCUT2D eigenvalue weighted by molar-refractivity contribution is 7.99. The minimum atomic E-state index is -0.0367. The van der Waals surface area contributed by atoms with Crippen molar-refractivity contribution in [3.05, 3.63) is 42.2 Å². The molecule has 128 valence electrons. The highest BCUT2D eigenvalue weighted by atomic mass is 32.2. The first-order valence-corrected chi connectivity index (χ1v) is 9.42. The van der Waals surface area contributed by atoms with Gasteiger partial charge in [-0.2, -0.15) is 11.8 Å². The van der Waals surface area contributed by atoms with Gasteiger partial charge in [0.05, 0.1) is 24.1 Å². The van der Waals surface area contributed by atoms with Gasteiger partial charge < -0.3 is 10.2 Å². The maximum absolute atomic E-state index is 12.6. The molecule has 2 atom stereocenters. The SMILES string of the molecule is C[C@@H]1CCSCCN1C(=O)N[C@H](C)c1ccc(-n2ccnn2)cc1. The summed E-state index contributed by atoms with van der Waals surface area (Å²) in [7, 11) is 0. The molecule has 2 aromatic rings. The second-order valence-electron chi connectivity index (χ2n) is 6.05. The molecular weight excluding hydrogens is 322 g/mol. The molecule has 1 saturated heterocycles. The summed E-state index contributed by atoms with van der Waals surface area (Å²) in [5.41, 5.74) is 2.03. The summed E-state index contributed by atoms with van der Waals surface area (Å²) in [5, 5.41) is 10.9. The van der Waals surface area contributed by atoms with Crippen molar-refractivity contribution in [2.45, 2.75) is 32.4 Å². The molecule has 1 aromatic carbocycles. The fourth-order valence-corrected chi connectivity index (χ4v) is 3.85. The summed E-state index contributed by atoms with van der Waals surface area (Å²) in [6.45, 7) is 4.96. The number of nitrogens with one attached hydrogen (secondary N) is 1. The first-order chi connectivity index (χ1) is 11.6. The number of carbonyl (C=O) groups excluding carboxylic acids is 1. The van der Waals surface area contributed by atoms with Crippen LogP contribution in [0.2, 0.25) is 0 Å². The maximum atomic E-state index is 12.6. The molecule has 1 N–H and O–H groups in total. The fraction of sp³-hybridized carbons (Fsp3) is 0.471. The molecule has 0 saturated carbocycles. The summed E-state index contributed by atoms with van der Waals surface area (Å²) in [6, 6.07) is 8.29. The van der Waals surface area contributed by atoms with E-state index < -0.39 is 0 Å². The molecule has 0 unspecified atom stereocenters. The molecule has 1 fully saturated rings. The Kier molecular flexibility index (Phi) is 5.40. The van der Waals surface area contributed by atoms with Gasteiger partial charge in [0.25, 0.3) is 0 Å². The molecule has 1 aliphatic rings. The smallest absolute Gasteiger partial charge is 0.318 e. The third-order valence-corrected chi connectivity index (χ3v) is 5.37. The minimum Gasteiger partial charge on any atom is -0.331 e. The first-order valence-electron chi connectivity index (χ1n) is 8.26. The molecule has 0 aliphatic carbocycles. The number of carbonyl (C=O) groups is 1. The zero-order valence-electron chi connectivity index (χ0n) is 14.1. The lowest BCUT2D eigenvalue weighted by atomic mass is 10.1. The quantitative estimate of drug-likeness (QED) is 0.929. The highest BCUT2D eigenvalue weighted by Gasteiger charge is 2.23. The van der Waals surface area contributed by atoms with Gasteiger partial charge in [-0.15, -0.1) is 5.10 Å². The van der Waals surface area contributed by atoms with E-state index >= 15 is 0 Å². The molecule has 0 bridgehead atoms. The van der Waals surface area contributed by atoms with Gasteiger partial charge in [0, 0.05) is 18.3 Å². The number of hydrogen-bond donors (Lipinski definition) is 1. The van der Waals surface area contributed by atoms with Crippen LogP contribution in [0.3, 0.4) is 0 Å². The maximum Gasteiger partial charge on any atom is 0.318 e. The van der Waals surface area contributed by atoms with Crippen molar-refractivity contribution in [1.29, 1.82) is 0 Å². The third-order valence-electron chi connectivity index (χ3n) is 4.37. The van der Waals surface area contributed by atoms with Crippen LogP contribution in [0.5, 0.6) is 0 Å². The number of aromatic nitrogens is 3. The largest absolute Gasteiger partial charge is 0.331 e. The normalized spacial score (nSPS) is 19.6. The van der Waals surface area contributed by atoms with E-state index in [1.807, 2.05) is 47.9 Å². The van der Waals surface area contributed by atoms with E-state index in [1.54, 1.807) is 17.1 Å². The Morgan fingerprint density at radius 1 is 1.33 bits per heavy atom. The van der Waals surface area contributed by atoms with Gasteiger partial charge in [-0.1, -0.05) is 17.3 Å². The third kappa shape index (κ3) is 3.90. The van der Waals surface area contributed by atoms with Gasteiger partial charge in [-0.3, -0.25) is 0 Å². The van der Waals surface area contributed by atoms with E-state index in [0.29, 0.717) is 6.04 Å². The molecule has 2 amide bonds. The minimum absolute atomic E-state index is 0.0258. The molecule has 24 heavy (non-hydrogen) atoms. The summed E-state index contributed by atoms with van der Waals surface area (Å²) >= 11 is 1.92. The van der Waals surface area contributed by atoms with Gasteiger partial charge >= 0.3 is 6.03 Å². The van der Waals surface area contributed by atoms with Crippen LogP contribution in [0.4, 0.5) is 4.79 Å². The lowest BCUT2D eigenvalue weighted by Crippen LogP contribution is -2.46. The first kappa shape index (κ1) is 16.8. The van der Waals surface area contributed by atoms with Crippen molar-refractivity contribution < 1.29 is 4.79 Å². The molecule has 0 spiro atoms. The van der Waals surface area contributed by atoms with Crippen LogP contribution in [0.25, 0.3) is 5.69 Å². The number of urea groups is 1.